The van der Waals surface area contributed by atoms with Crippen LogP contribution in [0.15, 0.2) is 64.5 Å². The molecule has 0 bridgehead atoms. The molecule has 0 spiro atoms. The lowest BCUT2D eigenvalue weighted by Crippen LogP contribution is -2.46. The second-order valence-corrected chi connectivity index (χ2v) is 8.92. The number of hydrogen-bond donors (Lipinski definition) is 4. The number of aryl methyl sites for hydroxylation is 1. The summed E-state index contributed by atoms with van der Waals surface area (Å²) in [7, 11) is -2.54. The van der Waals surface area contributed by atoms with Gasteiger partial charge in [-0.1, -0.05) is 0 Å². The number of aliphatic imine (C=N–C) groups is 1. The van der Waals surface area contributed by atoms with Crippen LogP contribution in [0.1, 0.15) is 10.5 Å². The number of nitrogens with one attached hydrogen (secondary N) is 4. The molecule has 0 fully saturated rings. The fourth-order valence-electron chi connectivity index (χ4n) is 3.15. The summed E-state index contributed by atoms with van der Waals surface area (Å²) in [5, 5.41) is 12.0. The average molecular weight is 486 g/mol. The molecule has 0 saturated carbocycles. The molecule has 2 aromatic carbocycles. The van der Waals surface area contributed by atoms with Crippen molar-refractivity contribution in [2.24, 2.45) is 12.0 Å². The van der Waals surface area contributed by atoms with Crippen molar-refractivity contribution in [1.82, 2.24) is 25.1 Å². The van der Waals surface area contributed by atoms with Crippen LogP contribution >= 0.6 is 0 Å². The Kier molecular flexibility index (Phi) is 6.27. The van der Waals surface area contributed by atoms with E-state index in [-0.39, 0.29) is 22.4 Å². The lowest BCUT2D eigenvalue weighted by molar-refractivity contribution is 0.101. The number of carbonyl (C=O) groups excluding carboxylic acids is 2. The van der Waals surface area contributed by atoms with Crippen molar-refractivity contribution in [3.8, 4) is 11.3 Å². The molecule has 4 rings (SSSR count). The van der Waals surface area contributed by atoms with Crippen LogP contribution < -0.4 is 20.7 Å². The predicted molar refractivity (Wildman–Crippen MR) is 122 cm³/mol. The molecular weight excluding hydrogens is 465 g/mol. The largest absolute Gasteiger partial charge is 0.354 e. The summed E-state index contributed by atoms with van der Waals surface area (Å²) >= 11 is 0. The molecule has 11 nitrogen and oxygen atoms in total. The van der Waals surface area contributed by atoms with E-state index >= 15 is 0 Å². The third-order valence-corrected chi connectivity index (χ3v) is 6.15. The number of nitrogens with zero attached hydrogens (tertiary/aromatic N) is 3. The summed E-state index contributed by atoms with van der Waals surface area (Å²) in [6, 6.07) is 11.6. The molecule has 1 aromatic heterocycles. The van der Waals surface area contributed by atoms with Crippen molar-refractivity contribution in [2.75, 3.05) is 18.4 Å². The van der Waals surface area contributed by atoms with Gasteiger partial charge in [0.1, 0.15) is 11.5 Å². The van der Waals surface area contributed by atoms with Gasteiger partial charge in [-0.2, -0.15) is 5.10 Å². The van der Waals surface area contributed by atoms with Crippen LogP contribution in [0.3, 0.4) is 0 Å². The number of aromatic nitrogens is 2. The Morgan fingerprint density at radius 1 is 1.06 bits per heavy atom. The molecular formula is C21H20FN7O4S. The number of amides is 3. The molecule has 2 heterocycles. The summed E-state index contributed by atoms with van der Waals surface area (Å²) in [4.78, 5) is 28.4. The van der Waals surface area contributed by atoms with Gasteiger partial charge in [0.2, 0.25) is 0 Å². The first-order valence-electron chi connectivity index (χ1n) is 10.0. The normalized spacial score (nSPS) is 13.1. The highest BCUT2D eigenvalue weighted by Gasteiger charge is 2.20. The minimum Gasteiger partial charge on any atom is -0.354 e. The third-order valence-electron chi connectivity index (χ3n) is 4.81. The number of urea groups is 1. The number of sulfonamides is 1. The molecule has 0 radical (unpaired) electrons. The second-order valence-electron chi connectivity index (χ2n) is 7.24. The van der Waals surface area contributed by atoms with Crippen LogP contribution in [-0.2, 0) is 17.1 Å². The van der Waals surface area contributed by atoms with E-state index in [1.807, 2.05) is 4.72 Å². The highest BCUT2D eigenvalue weighted by molar-refractivity contribution is 7.90. The minimum atomic E-state index is -4.13. The molecule has 1 aliphatic heterocycles. The SMILES string of the molecule is Cn1nc(-c2ccc(F)cc2)cc1C(=O)Nc1ccc(S(=O)(=O)NC(=O)NC2=NCCN2)cc1. The Balaban J connectivity index is 1.41. The second kappa shape index (κ2) is 9.31. The first-order valence-corrected chi connectivity index (χ1v) is 11.5. The van der Waals surface area contributed by atoms with Gasteiger partial charge in [-0.3, -0.25) is 19.8 Å². The zero-order valence-electron chi connectivity index (χ0n) is 17.9. The topological polar surface area (TPSA) is 147 Å². The van der Waals surface area contributed by atoms with Crippen molar-refractivity contribution < 1.29 is 22.4 Å². The number of carbonyl (C=O) groups is 2. The monoisotopic (exact) mass is 485 g/mol. The number of guanidine groups is 1. The van der Waals surface area contributed by atoms with Gasteiger partial charge in [0, 0.05) is 24.8 Å². The van der Waals surface area contributed by atoms with Crippen LogP contribution in [0, 0.1) is 5.82 Å². The highest BCUT2D eigenvalue weighted by Crippen LogP contribution is 2.20. The Labute approximate surface area is 194 Å². The van der Waals surface area contributed by atoms with Gasteiger partial charge in [-0.25, -0.2) is 22.3 Å². The standard InChI is InChI=1S/C21H20FN7O4S/c1-29-18(12-17(27-29)13-2-4-14(22)5-3-13)19(30)25-15-6-8-16(9-7-15)34(32,33)28-21(31)26-20-23-10-11-24-20/h2-9,12H,10-11H2,1H3,(H,25,30)(H3,23,24,26,28,31). The van der Waals surface area contributed by atoms with Crippen LogP contribution in [0.2, 0.25) is 0 Å². The molecule has 34 heavy (non-hydrogen) atoms. The van der Waals surface area contributed by atoms with Gasteiger partial charge in [0.05, 0.1) is 17.1 Å². The molecule has 0 saturated heterocycles. The van der Waals surface area contributed by atoms with E-state index in [2.05, 4.69) is 26.0 Å². The fraction of sp³-hybridized carbons (Fsp3) is 0.143. The van der Waals surface area contributed by atoms with Crippen LogP contribution in [-0.4, -0.2) is 49.2 Å². The summed E-state index contributed by atoms with van der Waals surface area (Å²) in [5.41, 5.74) is 1.73. The quantitative estimate of drug-likeness (QED) is 0.430. The van der Waals surface area contributed by atoms with Crippen molar-refractivity contribution in [1.29, 1.82) is 0 Å². The first-order chi connectivity index (χ1) is 16.2. The van der Waals surface area contributed by atoms with Gasteiger partial charge >= 0.3 is 6.03 Å². The number of anilines is 1. The molecule has 176 valence electrons. The van der Waals surface area contributed by atoms with Crippen LogP contribution in [0.4, 0.5) is 14.9 Å². The maximum atomic E-state index is 13.1. The van der Waals surface area contributed by atoms with Crippen molar-refractivity contribution in [2.45, 2.75) is 4.90 Å². The van der Waals surface area contributed by atoms with E-state index in [1.54, 1.807) is 25.2 Å². The van der Waals surface area contributed by atoms with Crippen molar-refractivity contribution in [3.05, 3.63) is 66.1 Å². The predicted octanol–water partition coefficient (Wildman–Crippen LogP) is 1.43. The van der Waals surface area contributed by atoms with Gasteiger partial charge in [0.15, 0.2) is 5.96 Å². The molecule has 13 heteroatoms. The Hall–Kier alpha value is -4.26. The summed E-state index contributed by atoms with van der Waals surface area (Å²) in [5.74, 6) is -0.649. The van der Waals surface area contributed by atoms with Gasteiger partial charge in [-0.15, -0.1) is 0 Å². The first kappa shape index (κ1) is 22.9. The van der Waals surface area contributed by atoms with E-state index in [9.17, 15) is 22.4 Å². The lowest BCUT2D eigenvalue weighted by Gasteiger charge is -2.10. The Morgan fingerprint density at radius 3 is 2.41 bits per heavy atom. The molecule has 3 amide bonds. The van der Waals surface area contributed by atoms with Crippen LogP contribution in [0.5, 0.6) is 0 Å². The molecule has 3 aromatic rings. The van der Waals surface area contributed by atoms with E-state index in [1.165, 1.54) is 41.1 Å². The van der Waals surface area contributed by atoms with Gasteiger partial charge < -0.3 is 10.6 Å². The smallest absolute Gasteiger partial charge is 0.335 e. The van der Waals surface area contributed by atoms with Crippen molar-refractivity contribution in [3.63, 3.8) is 0 Å². The molecule has 1 aliphatic rings. The van der Waals surface area contributed by atoms with Gasteiger partial charge in [-0.05, 0) is 54.6 Å². The van der Waals surface area contributed by atoms with Crippen molar-refractivity contribution >= 4 is 33.6 Å². The number of halogens is 1. The van der Waals surface area contributed by atoms with E-state index < -0.39 is 22.0 Å². The number of hydrogen-bond acceptors (Lipinski definition) is 7. The zero-order valence-corrected chi connectivity index (χ0v) is 18.7. The molecule has 0 aliphatic carbocycles. The van der Waals surface area contributed by atoms with E-state index in [0.29, 0.717) is 30.0 Å². The maximum Gasteiger partial charge on any atom is 0.335 e. The maximum absolute atomic E-state index is 13.1. The Bertz CT molecular complexity index is 1370. The average Bonchev–Trinajstić information content (AvgIpc) is 3.44. The van der Waals surface area contributed by atoms with E-state index in [4.69, 9.17) is 0 Å². The number of benzene rings is 2. The lowest BCUT2D eigenvalue weighted by atomic mass is 10.1. The summed E-state index contributed by atoms with van der Waals surface area (Å²) in [6.45, 7) is 1.05. The molecule has 0 atom stereocenters. The molecule has 0 unspecified atom stereocenters. The fourth-order valence-corrected chi connectivity index (χ4v) is 4.06. The third kappa shape index (κ3) is 5.20. The zero-order chi connectivity index (χ0) is 24.3. The van der Waals surface area contributed by atoms with Gasteiger partial charge in [0.25, 0.3) is 15.9 Å². The summed E-state index contributed by atoms with van der Waals surface area (Å²) < 4.78 is 41.3. The molecule has 4 N–H and O–H groups in total. The highest BCUT2D eigenvalue weighted by atomic mass is 32.2. The van der Waals surface area contributed by atoms with E-state index in [0.717, 1.165) is 0 Å². The minimum absolute atomic E-state index is 0.166. The summed E-state index contributed by atoms with van der Waals surface area (Å²) in [6.07, 6.45) is 0. The van der Waals surface area contributed by atoms with Crippen LogP contribution in [0.25, 0.3) is 11.3 Å². The Morgan fingerprint density at radius 2 is 1.76 bits per heavy atom. The number of rotatable bonds is 5.